The predicted octanol–water partition coefficient (Wildman–Crippen LogP) is 3.26. The van der Waals surface area contributed by atoms with Crippen LogP contribution >= 0.6 is 0 Å². The van der Waals surface area contributed by atoms with E-state index in [1.165, 1.54) is 0 Å². The van der Waals surface area contributed by atoms with Gasteiger partial charge in [0.25, 0.3) is 0 Å². The third-order valence-corrected chi connectivity index (χ3v) is 3.11. The standard InChI is InChI=1S/C16H23NO3/c1-15(2,3)20-14(18)17-16(9-10-16)12-19-11-13-7-5-4-6-8-13/h4-8H,9-12H2,1-3H3,(H,17,18). The van der Waals surface area contributed by atoms with Crippen molar-refractivity contribution in [3.05, 3.63) is 35.9 Å². The molecule has 1 aromatic rings. The Bertz CT molecular complexity index is 447. The van der Waals surface area contributed by atoms with Gasteiger partial charge in [-0.05, 0) is 39.2 Å². The van der Waals surface area contributed by atoms with Gasteiger partial charge in [-0.3, -0.25) is 0 Å². The first kappa shape index (κ1) is 14.9. The van der Waals surface area contributed by atoms with E-state index >= 15 is 0 Å². The van der Waals surface area contributed by atoms with E-state index in [-0.39, 0.29) is 11.6 Å². The van der Waals surface area contributed by atoms with E-state index < -0.39 is 5.60 Å². The molecule has 0 spiro atoms. The summed E-state index contributed by atoms with van der Waals surface area (Å²) in [6.45, 7) is 6.67. The van der Waals surface area contributed by atoms with Crippen LogP contribution in [0.4, 0.5) is 4.79 Å². The molecular formula is C16H23NO3. The van der Waals surface area contributed by atoms with Gasteiger partial charge in [-0.15, -0.1) is 0 Å². The van der Waals surface area contributed by atoms with Crippen LogP contribution in [0.1, 0.15) is 39.2 Å². The molecule has 0 saturated heterocycles. The van der Waals surface area contributed by atoms with Gasteiger partial charge in [0.1, 0.15) is 5.60 Å². The van der Waals surface area contributed by atoms with Crippen LogP contribution in [0, 0.1) is 0 Å². The molecule has 1 aliphatic rings. The lowest BCUT2D eigenvalue weighted by Crippen LogP contribution is -2.43. The van der Waals surface area contributed by atoms with Crippen LogP contribution in [0.5, 0.6) is 0 Å². The maximum Gasteiger partial charge on any atom is 0.408 e. The van der Waals surface area contributed by atoms with Crippen molar-refractivity contribution < 1.29 is 14.3 Å². The largest absolute Gasteiger partial charge is 0.444 e. The molecule has 1 fully saturated rings. The van der Waals surface area contributed by atoms with Gasteiger partial charge in [0, 0.05) is 0 Å². The molecule has 110 valence electrons. The van der Waals surface area contributed by atoms with Gasteiger partial charge in [0.2, 0.25) is 0 Å². The number of rotatable bonds is 5. The Morgan fingerprint density at radius 3 is 2.45 bits per heavy atom. The summed E-state index contributed by atoms with van der Waals surface area (Å²) in [7, 11) is 0. The number of hydrogen-bond acceptors (Lipinski definition) is 3. The fourth-order valence-electron chi connectivity index (χ4n) is 1.91. The lowest BCUT2D eigenvalue weighted by atomic mass is 10.2. The van der Waals surface area contributed by atoms with Crippen molar-refractivity contribution in [3.63, 3.8) is 0 Å². The molecule has 0 aromatic heterocycles. The molecule has 20 heavy (non-hydrogen) atoms. The van der Waals surface area contributed by atoms with E-state index in [1.54, 1.807) is 0 Å². The molecule has 1 amide bonds. The van der Waals surface area contributed by atoms with E-state index in [1.807, 2.05) is 51.1 Å². The minimum Gasteiger partial charge on any atom is -0.444 e. The maximum atomic E-state index is 11.8. The molecule has 2 rings (SSSR count). The number of hydrogen-bond donors (Lipinski definition) is 1. The third-order valence-electron chi connectivity index (χ3n) is 3.11. The zero-order valence-corrected chi connectivity index (χ0v) is 12.4. The summed E-state index contributed by atoms with van der Waals surface area (Å²) in [5.41, 5.74) is 0.447. The highest BCUT2D eigenvalue weighted by Crippen LogP contribution is 2.36. The number of amides is 1. The van der Waals surface area contributed by atoms with Crippen molar-refractivity contribution in [1.29, 1.82) is 0 Å². The van der Waals surface area contributed by atoms with Gasteiger partial charge < -0.3 is 14.8 Å². The van der Waals surface area contributed by atoms with Crippen molar-refractivity contribution in [2.45, 2.75) is 51.4 Å². The van der Waals surface area contributed by atoms with Crippen LogP contribution < -0.4 is 5.32 Å². The average Bonchev–Trinajstić information content (AvgIpc) is 3.07. The molecule has 0 radical (unpaired) electrons. The SMILES string of the molecule is CC(C)(C)OC(=O)NC1(COCc2ccccc2)CC1. The third kappa shape index (κ3) is 4.85. The number of ether oxygens (including phenoxy) is 2. The molecular weight excluding hydrogens is 254 g/mol. The van der Waals surface area contributed by atoms with Gasteiger partial charge in [-0.2, -0.15) is 0 Å². The smallest absolute Gasteiger partial charge is 0.408 e. The van der Waals surface area contributed by atoms with Crippen molar-refractivity contribution in [1.82, 2.24) is 5.32 Å². The maximum absolute atomic E-state index is 11.8. The molecule has 0 atom stereocenters. The van der Waals surface area contributed by atoms with Crippen LogP contribution in [-0.2, 0) is 16.1 Å². The van der Waals surface area contributed by atoms with E-state index in [2.05, 4.69) is 5.32 Å². The second kappa shape index (κ2) is 5.83. The molecule has 4 nitrogen and oxygen atoms in total. The van der Waals surface area contributed by atoms with Gasteiger partial charge in [-0.25, -0.2) is 4.79 Å². The van der Waals surface area contributed by atoms with Crippen LogP contribution in [-0.4, -0.2) is 23.8 Å². The van der Waals surface area contributed by atoms with Gasteiger partial charge in [-0.1, -0.05) is 30.3 Å². The first-order valence-electron chi connectivity index (χ1n) is 7.01. The fourth-order valence-corrected chi connectivity index (χ4v) is 1.91. The van der Waals surface area contributed by atoms with Crippen LogP contribution in [0.25, 0.3) is 0 Å². The number of nitrogens with one attached hydrogen (secondary N) is 1. The van der Waals surface area contributed by atoms with E-state index in [0.717, 1.165) is 18.4 Å². The predicted molar refractivity (Wildman–Crippen MR) is 77.4 cm³/mol. The Morgan fingerprint density at radius 1 is 1.25 bits per heavy atom. The zero-order valence-electron chi connectivity index (χ0n) is 12.4. The number of benzene rings is 1. The summed E-state index contributed by atoms with van der Waals surface area (Å²) in [6, 6.07) is 10.0. The topological polar surface area (TPSA) is 47.6 Å². The van der Waals surface area contributed by atoms with Crippen LogP contribution in [0.15, 0.2) is 30.3 Å². The minimum absolute atomic E-state index is 0.225. The first-order valence-corrected chi connectivity index (χ1v) is 7.01. The second-order valence-corrected chi connectivity index (χ2v) is 6.39. The molecule has 1 aliphatic carbocycles. The lowest BCUT2D eigenvalue weighted by Gasteiger charge is -2.23. The van der Waals surface area contributed by atoms with Crippen LogP contribution in [0.3, 0.4) is 0 Å². The summed E-state index contributed by atoms with van der Waals surface area (Å²) in [5.74, 6) is 0. The Balaban J connectivity index is 1.74. The summed E-state index contributed by atoms with van der Waals surface area (Å²) < 4.78 is 11.0. The Labute approximate surface area is 120 Å². The lowest BCUT2D eigenvalue weighted by molar-refractivity contribution is 0.0405. The van der Waals surface area contributed by atoms with Crippen LogP contribution in [0.2, 0.25) is 0 Å². The van der Waals surface area contributed by atoms with Crippen molar-refractivity contribution in [2.24, 2.45) is 0 Å². The highest BCUT2D eigenvalue weighted by molar-refractivity contribution is 5.69. The molecule has 1 saturated carbocycles. The first-order chi connectivity index (χ1) is 9.39. The second-order valence-electron chi connectivity index (χ2n) is 6.39. The molecule has 1 N–H and O–H groups in total. The van der Waals surface area contributed by atoms with Crippen molar-refractivity contribution >= 4 is 6.09 Å². The molecule has 0 heterocycles. The molecule has 0 bridgehead atoms. The Morgan fingerprint density at radius 2 is 1.90 bits per heavy atom. The Kier molecular flexibility index (Phi) is 4.33. The number of carbonyl (C=O) groups is 1. The van der Waals surface area contributed by atoms with Gasteiger partial charge >= 0.3 is 6.09 Å². The van der Waals surface area contributed by atoms with E-state index in [0.29, 0.717) is 13.2 Å². The molecule has 0 aliphatic heterocycles. The summed E-state index contributed by atoms with van der Waals surface area (Å²) in [6.07, 6.45) is 1.53. The van der Waals surface area contributed by atoms with Gasteiger partial charge in [0.05, 0.1) is 18.8 Å². The van der Waals surface area contributed by atoms with Gasteiger partial charge in [0.15, 0.2) is 0 Å². The molecule has 4 heteroatoms. The monoisotopic (exact) mass is 277 g/mol. The number of carbonyl (C=O) groups excluding carboxylic acids is 1. The fraction of sp³-hybridized carbons (Fsp3) is 0.562. The van der Waals surface area contributed by atoms with Crippen molar-refractivity contribution in [3.8, 4) is 0 Å². The summed E-state index contributed by atoms with van der Waals surface area (Å²) in [4.78, 5) is 11.8. The normalized spacial score (nSPS) is 16.6. The van der Waals surface area contributed by atoms with E-state index in [4.69, 9.17) is 9.47 Å². The van der Waals surface area contributed by atoms with E-state index in [9.17, 15) is 4.79 Å². The highest BCUT2D eigenvalue weighted by atomic mass is 16.6. The zero-order chi connectivity index (χ0) is 14.6. The molecule has 1 aromatic carbocycles. The van der Waals surface area contributed by atoms with Crippen molar-refractivity contribution in [2.75, 3.05) is 6.61 Å². The highest BCUT2D eigenvalue weighted by Gasteiger charge is 2.45. The summed E-state index contributed by atoms with van der Waals surface area (Å²) >= 11 is 0. The quantitative estimate of drug-likeness (QED) is 0.898. The number of alkyl carbamates (subject to hydrolysis) is 1. The molecule has 0 unspecified atom stereocenters. The minimum atomic E-state index is -0.467. The average molecular weight is 277 g/mol. The Hall–Kier alpha value is -1.55. The summed E-state index contributed by atoms with van der Waals surface area (Å²) in [5, 5.41) is 2.92.